The first-order valence-corrected chi connectivity index (χ1v) is 12.7. The highest BCUT2D eigenvalue weighted by Gasteiger charge is 2.40. The van der Waals surface area contributed by atoms with Gasteiger partial charge in [0.15, 0.2) is 0 Å². The molecule has 2 aliphatic carbocycles. The number of hydrogen-bond acceptors (Lipinski definition) is 6. The highest BCUT2D eigenvalue weighted by atomic mass is 16.5. The lowest BCUT2D eigenvalue weighted by molar-refractivity contribution is -0.136. The molecule has 5 rings (SSSR count). The van der Waals surface area contributed by atoms with Crippen LogP contribution < -0.4 is 10.1 Å². The lowest BCUT2D eigenvalue weighted by atomic mass is 9.81. The molecular formula is C26H35N3O5. The van der Waals surface area contributed by atoms with Crippen LogP contribution in [0.5, 0.6) is 5.75 Å². The van der Waals surface area contributed by atoms with Crippen LogP contribution in [0.1, 0.15) is 67.8 Å². The van der Waals surface area contributed by atoms with E-state index in [1.54, 1.807) is 12.0 Å². The van der Waals surface area contributed by atoms with E-state index in [-0.39, 0.29) is 30.2 Å². The van der Waals surface area contributed by atoms with Gasteiger partial charge in [-0.15, -0.1) is 0 Å². The summed E-state index contributed by atoms with van der Waals surface area (Å²) in [5.41, 5.74) is 1.50. The summed E-state index contributed by atoms with van der Waals surface area (Å²) in [5.74, 6) is 0.680. The Kier molecular flexibility index (Phi) is 6.62. The summed E-state index contributed by atoms with van der Waals surface area (Å²) in [7, 11) is 1.80. The van der Waals surface area contributed by atoms with Gasteiger partial charge in [-0.05, 0) is 74.8 Å². The second kappa shape index (κ2) is 9.66. The van der Waals surface area contributed by atoms with Crippen molar-refractivity contribution in [1.82, 2.24) is 15.1 Å². The molecule has 8 nitrogen and oxygen atoms in total. The Bertz CT molecular complexity index is 960. The molecule has 0 radical (unpaired) electrons. The van der Waals surface area contributed by atoms with Gasteiger partial charge < -0.3 is 14.4 Å². The third-order valence-corrected chi connectivity index (χ3v) is 8.09. The monoisotopic (exact) mass is 469 g/mol. The Labute approximate surface area is 200 Å². The predicted octanol–water partition coefficient (Wildman–Crippen LogP) is 2.49. The van der Waals surface area contributed by atoms with Gasteiger partial charge in [-0.25, -0.2) is 0 Å². The van der Waals surface area contributed by atoms with Crippen LogP contribution in [0.15, 0.2) is 18.2 Å². The third-order valence-electron chi connectivity index (χ3n) is 8.09. The van der Waals surface area contributed by atoms with Crippen molar-refractivity contribution in [2.45, 2.75) is 82.7 Å². The zero-order valence-corrected chi connectivity index (χ0v) is 20.1. The van der Waals surface area contributed by atoms with Gasteiger partial charge in [-0.2, -0.15) is 0 Å². The fourth-order valence-corrected chi connectivity index (χ4v) is 6.11. The Morgan fingerprint density at radius 1 is 1.15 bits per heavy atom. The number of benzene rings is 1. The maximum absolute atomic E-state index is 12.9. The van der Waals surface area contributed by atoms with Crippen LogP contribution in [-0.4, -0.2) is 72.0 Å². The minimum atomic E-state index is -0.594. The summed E-state index contributed by atoms with van der Waals surface area (Å²) in [4.78, 5) is 40.9. The largest absolute Gasteiger partial charge is 0.489 e. The van der Waals surface area contributed by atoms with Crippen molar-refractivity contribution in [1.29, 1.82) is 0 Å². The van der Waals surface area contributed by atoms with E-state index in [0.717, 1.165) is 56.5 Å². The van der Waals surface area contributed by atoms with Crippen molar-refractivity contribution in [2.24, 2.45) is 5.92 Å². The standard InChI is InChI=1S/C26H35N3O5/c1-3-28(14-16-11-19(12-16)33-2)21-5-4-6-23(21)34-18-7-8-20-17(13-18)15-29(26(20)32)22-9-10-24(30)27-25(22)31/h7-8,13,16,19,21-23H,3-6,9-12,14-15H2,1-2H3,(H,27,30,31)/t16?,19?,21-,22?,23+/m0/s1. The van der Waals surface area contributed by atoms with Crippen LogP contribution in [0, 0.1) is 5.92 Å². The number of nitrogens with one attached hydrogen (secondary N) is 1. The molecule has 3 amide bonds. The predicted molar refractivity (Wildman–Crippen MR) is 125 cm³/mol. The number of likely N-dealkylation sites (N-methyl/N-ethyl adjacent to an activating group) is 1. The quantitative estimate of drug-likeness (QED) is 0.589. The molecule has 1 N–H and O–H groups in total. The maximum Gasteiger partial charge on any atom is 0.255 e. The summed E-state index contributed by atoms with van der Waals surface area (Å²) >= 11 is 0. The summed E-state index contributed by atoms with van der Waals surface area (Å²) < 4.78 is 12.0. The van der Waals surface area contributed by atoms with Crippen molar-refractivity contribution < 1.29 is 23.9 Å². The lowest BCUT2D eigenvalue weighted by Gasteiger charge is -2.40. The first-order valence-electron chi connectivity index (χ1n) is 12.7. The number of carbonyl (C=O) groups is 3. The van der Waals surface area contributed by atoms with Crippen molar-refractivity contribution >= 4 is 17.7 Å². The second-order valence-electron chi connectivity index (χ2n) is 10.2. The molecule has 8 heteroatoms. The number of imide groups is 1. The maximum atomic E-state index is 12.9. The van der Waals surface area contributed by atoms with Gasteiger partial charge in [0.2, 0.25) is 11.8 Å². The zero-order valence-electron chi connectivity index (χ0n) is 20.1. The van der Waals surface area contributed by atoms with Crippen molar-refractivity contribution in [3.8, 4) is 5.75 Å². The van der Waals surface area contributed by atoms with Gasteiger partial charge in [0.1, 0.15) is 17.9 Å². The Morgan fingerprint density at radius 2 is 1.97 bits per heavy atom. The van der Waals surface area contributed by atoms with E-state index in [1.807, 2.05) is 18.2 Å². The molecule has 3 atom stereocenters. The third kappa shape index (κ3) is 4.45. The molecule has 2 saturated carbocycles. The van der Waals surface area contributed by atoms with Gasteiger partial charge >= 0.3 is 0 Å². The lowest BCUT2D eigenvalue weighted by Crippen LogP contribution is -2.52. The van der Waals surface area contributed by atoms with Crippen LogP contribution in [-0.2, 0) is 20.9 Å². The molecule has 0 spiro atoms. The zero-order chi connectivity index (χ0) is 23.8. The SMILES string of the molecule is CCN(CC1CC(OC)C1)[C@H]1CCC[C@H]1Oc1ccc2c(c1)CN(C1CCC(=O)NC1=O)C2=O. The molecule has 1 saturated heterocycles. The molecule has 3 fully saturated rings. The van der Waals surface area contributed by atoms with E-state index in [4.69, 9.17) is 9.47 Å². The average Bonchev–Trinajstić information content (AvgIpc) is 3.37. The molecule has 184 valence electrons. The first-order chi connectivity index (χ1) is 16.5. The fraction of sp³-hybridized carbons (Fsp3) is 0.654. The van der Waals surface area contributed by atoms with E-state index < -0.39 is 6.04 Å². The summed E-state index contributed by atoms with van der Waals surface area (Å²) in [6.07, 6.45) is 6.82. The Hall–Kier alpha value is -2.45. The number of piperidine rings is 1. The Morgan fingerprint density at radius 3 is 2.71 bits per heavy atom. The molecule has 1 aromatic carbocycles. The molecule has 0 bridgehead atoms. The summed E-state index contributed by atoms with van der Waals surface area (Å²) in [5, 5.41) is 2.35. The summed E-state index contributed by atoms with van der Waals surface area (Å²) in [6, 6.07) is 5.47. The molecule has 34 heavy (non-hydrogen) atoms. The minimum Gasteiger partial charge on any atom is -0.489 e. The number of fused-ring (bicyclic) bond motifs is 1. The molecule has 2 heterocycles. The number of ether oxygens (including phenoxy) is 2. The highest BCUT2D eigenvalue weighted by Crippen LogP contribution is 2.35. The van der Waals surface area contributed by atoms with Crippen molar-refractivity contribution in [3.63, 3.8) is 0 Å². The second-order valence-corrected chi connectivity index (χ2v) is 10.2. The molecular weight excluding hydrogens is 434 g/mol. The number of methoxy groups -OCH3 is 1. The topological polar surface area (TPSA) is 88.2 Å². The molecule has 1 aromatic rings. The number of rotatable bonds is 8. The van der Waals surface area contributed by atoms with E-state index in [0.29, 0.717) is 36.6 Å². The van der Waals surface area contributed by atoms with Gasteiger partial charge in [-0.1, -0.05) is 6.92 Å². The van der Waals surface area contributed by atoms with E-state index >= 15 is 0 Å². The molecule has 0 aromatic heterocycles. The van der Waals surface area contributed by atoms with E-state index in [2.05, 4.69) is 17.1 Å². The van der Waals surface area contributed by atoms with E-state index in [1.165, 1.54) is 0 Å². The molecule has 2 aliphatic heterocycles. The van der Waals surface area contributed by atoms with E-state index in [9.17, 15) is 14.4 Å². The summed E-state index contributed by atoms with van der Waals surface area (Å²) in [6.45, 7) is 4.71. The first kappa shape index (κ1) is 23.3. The number of hydrogen-bond donors (Lipinski definition) is 1. The van der Waals surface area contributed by atoms with Crippen molar-refractivity contribution in [2.75, 3.05) is 20.2 Å². The normalized spacial score (nSPS) is 31.0. The highest BCUT2D eigenvalue weighted by molar-refractivity contribution is 6.05. The Balaban J connectivity index is 1.23. The van der Waals surface area contributed by atoms with Crippen molar-refractivity contribution in [3.05, 3.63) is 29.3 Å². The van der Waals surface area contributed by atoms with Gasteiger partial charge in [0.25, 0.3) is 5.91 Å². The minimum absolute atomic E-state index is 0.139. The molecule has 1 unspecified atom stereocenters. The van der Waals surface area contributed by atoms with Crippen LogP contribution in [0.25, 0.3) is 0 Å². The van der Waals surface area contributed by atoms with Crippen LogP contribution >= 0.6 is 0 Å². The van der Waals surface area contributed by atoms with Gasteiger partial charge in [0, 0.05) is 38.2 Å². The average molecular weight is 470 g/mol. The fourth-order valence-electron chi connectivity index (χ4n) is 6.11. The number of nitrogens with zero attached hydrogens (tertiary/aromatic N) is 2. The van der Waals surface area contributed by atoms with Crippen LogP contribution in [0.3, 0.4) is 0 Å². The smallest absolute Gasteiger partial charge is 0.255 e. The number of carbonyl (C=O) groups excluding carboxylic acids is 3. The number of amides is 3. The van der Waals surface area contributed by atoms with Gasteiger partial charge in [0.05, 0.1) is 6.10 Å². The van der Waals surface area contributed by atoms with Crippen LogP contribution in [0.4, 0.5) is 0 Å². The molecule has 4 aliphatic rings. The van der Waals surface area contributed by atoms with Crippen LogP contribution in [0.2, 0.25) is 0 Å². The van der Waals surface area contributed by atoms with Gasteiger partial charge in [-0.3, -0.25) is 24.6 Å².